The topological polar surface area (TPSA) is 52.6 Å². The Morgan fingerprint density at radius 3 is 2.50 bits per heavy atom. The number of carboxylic acid groups (broad SMARTS) is 1. The molecule has 1 aliphatic heterocycles. The van der Waals surface area contributed by atoms with Crippen LogP contribution in [0.2, 0.25) is 0 Å². The Morgan fingerprint density at radius 1 is 1.42 bits per heavy atom. The van der Waals surface area contributed by atoms with Gasteiger partial charge in [-0.1, -0.05) is 6.42 Å². The quantitative estimate of drug-likeness (QED) is 0.649. The fourth-order valence-electron chi connectivity index (χ4n) is 1.35. The van der Waals surface area contributed by atoms with E-state index in [1.54, 1.807) is 6.92 Å². The Kier molecular flexibility index (Phi) is 3.49. The first kappa shape index (κ1) is 9.48. The van der Waals surface area contributed by atoms with E-state index in [1.165, 1.54) is 19.3 Å². The first-order valence-corrected chi connectivity index (χ1v) is 4.44. The molecule has 4 nitrogen and oxygen atoms in total. The third-order valence-corrected chi connectivity index (χ3v) is 2.10. The molecule has 0 aromatic rings. The molecule has 1 atom stereocenters. The SMILES string of the molecule is C[C@H](NN1CCCCC1)C(=O)O. The van der Waals surface area contributed by atoms with Crippen LogP contribution < -0.4 is 5.43 Å². The van der Waals surface area contributed by atoms with Crippen molar-refractivity contribution in [3.8, 4) is 0 Å². The second-order valence-electron chi connectivity index (χ2n) is 3.24. The standard InChI is InChI=1S/C8H16N2O2/c1-7(8(11)12)9-10-5-3-2-4-6-10/h7,9H,2-6H2,1H3,(H,11,12)/t7-/m0/s1. The Morgan fingerprint density at radius 2 is 2.00 bits per heavy atom. The number of hydrogen-bond donors (Lipinski definition) is 2. The van der Waals surface area contributed by atoms with Gasteiger partial charge in [-0.3, -0.25) is 4.79 Å². The van der Waals surface area contributed by atoms with Crippen molar-refractivity contribution in [1.82, 2.24) is 10.4 Å². The Labute approximate surface area is 72.5 Å². The van der Waals surface area contributed by atoms with Crippen LogP contribution in [0.4, 0.5) is 0 Å². The molecule has 12 heavy (non-hydrogen) atoms. The van der Waals surface area contributed by atoms with Gasteiger partial charge < -0.3 is 5.11 Å². The number of carbonyl (C=O) groups is 1. The van der Waals surface area contributed by atoms with Crippen LogP contribution in [0.3, 0.4) is 0 Å². The van der Waals surface area contributed by atoms with Crippen molar-refractivity contribution < 1.29 is 9.90 Å². The summed E-state index contributed by atoms with van der Waals surface area (Å²) < 4.78 is 0. The van der Waals surface area contributed by atoms with Crippen molar-refractivity contribution in [2.24, 2.45) is 0 Å². The maximum Gasteiger partial charge on any atom is 0.321 e. The van der Waals surface area contributed by atoms with Gasteiger partial charge in [0.25, 0.3) is 0 Å². The number of piperidine rings is 1. The molecule has 1 fully saturated rings. The lowest BCUT2D eigenvalue weighted by Gasteiger charge is -2.28. The molecule has 4 heteroatoms. The molecule has 1 saturated heterocycles. The lowest BCUT2D eigenvalue weighted by molar-refractivity contribution is -0.140. The summed E-state index contributed by atoms with van der Waals surface area (Å²) in [6.45, 7) is 3.60. The molecule has 1 rings (SSSR count). The highest BCUT2D eigenvalue weighted by Crippen LogP contribution is 2.06. The van der Waals surface area contributed by atoms with Gasteiger partial charge in [-0.15, -0.1) is 0 Å². The monoisotopic (exact) mass is 172 g/mol. The van der Waals surface area contributed by atoms with Gasteiger partial charge in [-0.25, -0.2) is 10.4 Å². The molecule has 0 unspecified atom stereocenters. The number of carboxylic acids is 1. The minimum absolute atomic E-state index is 0.469. The highest BCUT2D eigenvalue weighted by atomic mass is 16.4. The van der Waals surface area contributed by atoms with Gasteiger partial charge in [0, 0.05) is 13.1 Å². The number of hydrazine groups is 1. The zero-order valence-electron chi connectivity index (χ0n) is 7.42. The largest absolute Gasteiger partial charge is 0.480 e. The number of nitrogens with zero attached hydrogens (tertiary/aromatic N) is 1. The predicted octanol–water partition coefficient (Wildman–Crippen LogP) is 0.450. The molecule has 0 aromatic carbocycles. The first-order chi connectivity index (χ1) is 5.70. The van der Waals surface area contributed by atoms with Crippen molar-refractivity contribution in [1.29, 1.82) is 0 Å². The molecule has 0 bridgehead atoms. The van der Waals surface area contributed by atoms with Crippen LogP contribution in [0.5, 0.6) is 0 Å². The Hall–Kier alpha value is -0.610. The summed E-state index contributed by atoms with van der Waals surface area (Å²) in [7, 11) is 0. The maximum absolute atomic E-state index is 10.5. The maximum atomic E-state index is 10.5. The van der Waals surface area contributed by atoms with Crippen molar-refractivity contribution in [2.75, 3.05) is 13.1 Å². The van der Waals surface area contributed by atoms with Crippen LogP contribution in [0.1, 0.15) is 26.2 Å². The predicted molar refractivity (Wildman–Crippen MR) is 45.7 cm³/mol. The highest BCUT2D eigenvalue weighted by Gasteiger charge is 2.16. The van der Waals surface area contributed by atoms with Gasteiger partial charge in [0.1, 0.15) is 6.04 Å². The van der Waals surface area contributed by atoms with Gasteiger partial charge >= 0.3 is 5.97 Å². The fourth-order valence-corrected chi connectivity index (χ4v) is 1.35. The van der Waals surface area contributed by atoms with E-state index < -0.39 is 12.0 Å². The third kappa shape index (κ3) is 2.79. The minimum Gasteiger partial charge on any atom is -0.480 e. The zero-order valence-corrected chi connectivity index (χ0v) is 7.42. The summed E-state index contributed by atoms with van der Waals surface area (Å²) in [5.41, 5.74) is 2.95. The molecule has 70 valence electrons. The third-order valence-electron chi connectivity index (χ3n) is 2.10. The molecule has 0 saturated carbocycles. The molecule has 0 radical (unpaired) electrons. The van der Waals surface area contributed by atoms with Crippen LogP contribution in [0.15, 0.2) is 0 Å². The molecule has 2 N–H and O–H groups in total. The van der Waals surface area contributed by atoms with Gasteiger partial charge in [-0.05, 0) is 19.8 Å². The van der Waals surface area contributed by atoms with Crippen LogP contribution in [0, 0.1) is 0 Å². The van der Waals surface area contributed by atoms with Crippen molar-refractivity contribution in [2.45, 2.75) is 32.2 Å². The summed E-state index contributed by atoms with van der Waals surface area (Å²) in [6.07, 6.45) is 3.60. The molecular weight excluding hydrogens is 156 g/mol. The molecule has 0 amide bonds. The molecule has 0 aliphatic carbocycles. The van der Waals surface area contributed by atoms with Gasteiger partial charge in [0.2, 0.25) is 0 Å². The molecule has 0 spiro atoms. The second-order valence-corrected chi connectivity index (χ2v) is 3.24. The summed E-state index contributed by atoms with van der Waals surface area (Å²) in [5, 5.41) is 10.6. The lowest BCUT2D eigenvalue weighted by atomic mass is 10.2. The number of nitrogens with one attached hydrogen (secondary N) is 1. The number of aliphatic carboxylic acids is 1. The average molecular weight is 172 g/mol. The fraction of sp³-hybridized carbons (Fsp3) is 0.875. The minimum atomic E-state index is -0.791. The summed E-state index contributed by atoms with van der Waals surface area (Å²) in [4.78, 5) is 10.5. The van der Waals surface area contributed by atoms with E-state index in [1.807, 2.05) is 5.01 Å². The van der Waals surface area contributed by atoms with Crippen LogP contribution in [0.25, 0.3) is 0 Å². The normalized spacial score (nSPS) is 22.1. The lowest BCUT2D eigenvalue weighted by Crippen LogP contribution is -2.49. The van der Waals surface area contributed by atoms with E-state index in [0.29, 0.717) is 0 Å². The average Bonchev–Trinajstić information content (AvgIpc) is 2.06. The highest BCUT2D eigenvalue weighted by molar-refractivity contribution is 5.72. The smallest absolute Gasteiger partial charge is 0.321 e. The Bertz CT molecular complexity index is 155. The number of hydrogen-bond acceptors (Lipinski definition) is 3. The van der Waals surface area contributed by atoms with E-state index in [9.17, 15) is 4.79 Å². The molecular formula is C8H16N2O2. The van der Waals surface area contributed by atoms with Crippen molar-refractivity contribution in [3.05, 3.63) is 0 Å². The summed E-state index contributed by atoms with van der Waals surface area (Å²) in [5.74, 6) is -0.791. The number of rotatable bonds is 3. The first-order valence-electron chi connectivity index (χ1n) is 4.44. The van der Waals surface area contributed by atoms with Gasteiger partial charge in [0.15, 0.2) is 0 Å². The molecule has 1 aliphatic rings. The second kappa shape index (κ2) is 4.42. The zero-order chi connectivity index (χ0) is 8.97. The van der Waals surface area contributed by atoms with E-state index in [4.69, 9.17) is 5.11 Å². The van der Waals surface area contributed by atoms with Gasteiger partial charge in [-0.2, -0.15) is 0 Å². The van der Waals surface area contributed by atoms with Crippen molar-refractivity contribution >= 4 is 5.97 Å². The van der Waals surface area contributed by atoms with Crippen LogP contribution >= 0.6 is 0 Å². The summed E-state index contributed by atoms with van der Waals surface area (Å²) in [6, 6.07) is -0.469. The van der Waals surface area contributed by atoms with E-state index in [0.717, 1.165) is 13.1 Å². The summed E-state index contributed by atoms with van der Waals surface area (Å²) >= 11 is 0. The Balaban J connectivity index is 2.24. The molecule has 0 aromatic heterocycles. The van der Waals surface area contributed by atoms with Crippen LogP contribution in [-0.2, 0) is 4.79 Å². The van der Waals surface area contributed by atoms with E-state index >= 15 is 0 Å². The van der Waals surface area contributed by atoms with E-state index in [2.05, 4.69) is 5.43 Å². The van der Waals surface area contributed by atoms with E-state index in [-0.39, 0.29) is 0 Å². The molecule has 1 heterocycles. The van der Waals surface area contributed by atoms with Crippen molar-refractivity contribution in [3.63, 3.8) is 0 Å². The van der Waals surface area contributed by atoms with Gasteiger partial charge in [0.05, 0.1) is 0 Å². The van der Waals surface area contributed by atoms with Crippen LogP contribution in [-0.4, -0.2) is 35.2 Å².